The van der Waals surface area contributed by atoms with Crippen molar-refractivity contribution in [2.24, 2.45) is 0 Å². The molecular weight excluding hydrogens is 205 g/mol. The Bertz CT molecular complexity index is 338. The monoisotopic (exact) mass is 225 g/mol. The standard InChI is InChI=1S/C13H20FNO/c1-10(9-13(2,3)16-4)15-12-7-5-6-11(14)8-12/h5-8,10,15H,9H2,1-4H3. The van der Waals surface area contributed by atoms with Crippen molar-refractivity contribution in [3.8, 4) is 0 Å². The molecule has 0 aliphatic carbocycles. The lowest BCUT2D eigenvalue weighted by atomic mass is 10.00. The van der Waals surface area contributed by atoms with E-state index in [1.807, 2.05) is 19.9 Å². The number of hydrogen-bond donors (Lipinski definition) is 1. The molecule has 0 radical (unpaired) electrons. The number of halogens is 1. The number of ether oxygens (including phenoxy) is 1. The van der Waals surface area contributed by atoms with Crippen molar-refractivity contribution in [3.05, 3.63) is 30.1 Å². The molecule has 1 atom stereocenters. The first kappa shape index (κ1) is 13.0. The Hall–Kier alpha value is -1.09. The molecule has 2 nitrogen and oxygen atoms in total. The first-order valence-electron chi connectivity index (χ1n) is 5.50. The third-order valence-corrected chi connectivity index (χ3v) is 2.59. The largest absolute Gasteiger partial charge is 0.382 e. The van der Waals surface area contributed by atoms with Crippen LogP contribution >= 0.6 is 0 Å². The highest BCUT2D eigenvalue weighted by atomic mass is 19.1. The maximum atomic E-state index is 13.0. The lowest BCUT2D eigenvalue weighted by Gasteiger charge is -2.27. The molecule has 0 aliphatic rings. The topological polar surface area (TPSA) is 21.3 Å². The summed E-state index contributed by atoms with van der Waals surface area (Å²) in [6.07, 6.45) is 0.861. The van der Waals surface area contributed by atoms with Gasteiger partial charge >= 0.3 is 0 Å². The summed E-state index contributed by atoms with van der Waals surface area (Å²) in [5.41, 5.74) is 0.638. The maximum Gasteiger partial charge on any atom is 0.125 e. The van der Waals surface area contributed by atoms with Crippen LogP contribution in [0.1, 0.15) is 27.2 Å². The molecule has 0 heterocycles. The van der Waals surface area contributed by atoms with Gasteiger partial charge in [0.15, 0.2) is 0 Å². The van der Waals surface area contributed by atoms with Crippen LogP contribution in [-0.2, 0) is 4.74 Å². The number of methoxy groups -OCH3 is 1. The van der Waals surface area contributed by atoms with Crippen molar-refractivity contribution in [1.29, 1.82) is 0 Å². The fourth-order valence-electron chi connectivity index (χ4n) is 1.73. The van der Waals surface area contributed by atoms with Crippen molar-refractivity contribution in [1.82, 2.24) is 0 Å². The fraction of sp³-hybridized carbons (Fsp3) is 0.538. The summed E-state index contributed by atoms with van der Waals surface area (Å²) >= 11 is 0. The minimum atomic E-state index is -0.219. The van der Waals surface area contributed by atoms with Gasteiger partial charge in [0, 0.05) is 18.8 Å². The predicted octanol–water partition coefficient (Wildman–Crippen LogP) is 3.44. The highest BCUT2D eigenvalue weighted by Crippen LogP contribution is 2.18. The van der Waals surface area contributed by atoms with Crippen molar-refractivity contribution in [2.75, 3.05) is 12.4 Å². The molecule has 0 amide bonds. The van der Waals surface area contributed by atoms with E-state index in [4.69, 9.17) is 4.74 Å². The first-order valence-corrected chi connectivity index (χ1v) is 5.50. The van der Waals surface area contributed by atoms with Gasteiger partial charge in [-0.15, -0.1) is 0 Å². The van der Waals surface area contributed by atoms with Crippen LogP contribution in [0.3, 0.4) is 0 Å². The van der Waals surface area contributed by atoms with Crippen LogP contribution in [0.5, 0.6) is 0 Å². The van der Waals surface area contributed by atoms with Crippen LogP contribution in [0.4, 0.5) is 10.1 Å². The quantitative estimate of drug-likeness (QED) is 0.828. The second-order valence-corrected chi connectivity index (χ2v) is 4.72. The summed E-state index contributed by atoms with van der Waals surface area (Å²) in [5.74, 6) is -0.219. The van der Waals surface area contributed by atoms with Gasteiger partial charge in [0.1, 0.15) is 5.82 Å². The second kappa shape index (κ2) is 5.30. The van der Waals surface area contributed by atoms with Gasteiger partial charge in [-0.3, -0.25) is 0 Å². The lowest BCUT2D eigenvalue weighted by Crippen LogP contribution is -2.31. The van der Waals surface area contributed by atoms with Crippen LogP contribution in [0, 0.1) is 5.82 Å². The molecule has 0 spiro atoms. The van der Waals surface area contributed by atoms with Gasteiger partial charge in [-0.05, 0) is 45.4 Å². The molecule has 90 valence electrons. The lowest BCUT2D eigenvalue weighted by molar-refractivity contribution is 0.0128. The normalized spacial score (nSPS) is 13.6. The molecule has 1 aromatic carbocycles. The molecule has 0 aliphatic heterocycles. The van der Waals surface area contributed by atoms with E-state index in [1.165, 1.54) is 12.1 Å². The van der Waals surface area contributed by atoms with Crippen LogP contribution < -0.4 is 5.32 Å². The van der Waals surface area contributed by atoms with E-state index in [2.05, 4.69) is 12.2 Å². The molecule has 1 rings (SSSR count). The smallest absolute Gasteiger partial charge is 0.125 e. The van der Waals surface area contributed by atoms with Gasteiger partial charge in [-0.2, -0.15) is 0 Å². The Morgan fingerprint density at radius 2 is 2.12 bits per heavy atom. The maximum absolute atomic E-state index is 13.0. The Morgan fingerprint density at radius 3 is 2.69 bits per heavy atom. The summed E-state index contributed by atoms with van der Waals surface area (Å²) in [6, 6.07) is 6.73. The predicted molar refractivity (Wildman–Crippen MR) is 65.2 cm³/mol. The minimum Gasteiger partial charge on any atom is -0.382 e. The molecule has 16 heavy (non-hydrogen) atoms. The van der Waals surface area contributed by atoms with E-state index in [1.54, 1.807) is 13.2 Å². The van der Waals surface area contributed by atoms with Crippen LogP contribution in [-0.4, -0.2) is 18.8 Å². The molecule has 0 bridgehead atoms. The number of anilines is 1. The molecule has 3 heteroatoms. The average molecular weight is 225 g/mol. The molecule has 0 saturated carbocycles. The van der Waals surface area contributed by atoms with E-state index in [0.29, 0.717) is 0 Å². The van der Waals surface area contributed by atoms with Gasteiger partial charge in [-0.25, -0.2) is 4.39 Å². The van der Waals surface area contributed by atoms with Gasteiger partial charge in [0.25, 0.3) is 0 Å². The van der Waals surface area contributed by atoms with Gasteiger partial charge in [0.2, 0.25) is 0 Å². The van der Waals surface area contributed by atoms with Crippen LogP contribution in [0.25, 0.3) is 0 Å². The van der Waals surface area contributed by atoms with Gasteiger partial charge in [0.05, 0.1) is 5.60 Å². The van der Waals surface area contributed by atoms with E-state index < -0.39 is 0 Å². The third-order valence-electron chi connectivity index (χ3n) is 2.59. The first-order chi connectivity index (χ1) is 7.43. The second-order valence-electron chi connectivity index (χ2n) is 4.72. The third kappa shape index (κ3) is 4.19. The van der Waals surface area contributed by atoms with Crippen molar-refractivity contribution < 1.29 is 9.13 Å². The molecule has 1 aromatic rings. The molecule has 0 saturated heterocycles. The zero-order valence-electron chi connectivity index (χ0n) is 10.4. The summed E-state index contributed by atoms with van der Waals surface area (Å²) in [7, 11) is 1.70. The van der Waals surface area contributed by atoms with E-state index in [-0.39, 0.29) is 17.5 Å². The Balaban J connectivity index is 2.55. The molecule has 1 unspecified atom stereocenters. The highest BCUT2D eigenvalue weighted by molar-refractivity contribution is 5.43. The summed E-state index contributed by atoms with van der Waals surface area (Å²) < 4.78 is 18.3. The van der Waals surface area contributed by atoms with Gasteiger partial charge < -0.3 is 10.1 Å². The number of nitrogens with one attached hydrogen (secondary N) is 1. The summed E-state index contributed by atoms with van der Waals surface area (Å²) in [5, 5.41) is 3.25. The minimum absolute atomic E-state index is 0.167. The Kier molecular flexibility index (Phi) is 4.30. The Labute approximate surface area is 96.8 Å². The van der Waals surface area contributed by atoms with E-state index in [0.717, 1.165) is 12.1 Å². The van der Waals surface area contributed by atoms with Crippen molar-refractivity contribution in [3.63, 3.8) is 0 Å². The van der Waals surface area contributed by atoms with E-state index in [9.17, 15) is 4.39 Å². The average Bonchev–Trinajstić information content (AvgIpc) is 2.16. The summed E-state index contributed by atoms with van der Waals surface area (Å²) in [6.45, 7) is 6.14. The fourth-order valence-corrected chi connectivity index (χ4v) is 1.73. The van der Waals surface area contributed by atoms with Crippen LogP contribution in [0.15, 0.2) is 24.3 Å². The van der Waals surface area contributed by atoms with Crippen molar-refractivity contribution in [2.45, 2.75) is 38.8 Å². The summed E-state index contributed by atoms with van der Waals surface area (Å²) in [4.78, 5) is 0. The Morgan fingerprint density at radius 1 is 1.44 bits per heavy atom. The SMILES string of the molecule is COC(C)(C)CC(C)Nc1cccc(F)c1. The molecular formula is C13H20FNO. The molecule has 0 aromatic heterocycles. The zero-order chi connectivity index (χ0) is 12.2. The number of hydrogen-bond acceptors (Lipinski definition) is 2. The number of benzene rings is 1. The van der Waals surface area contributed by atoms with E-state index >= 15 is 0 Å². The zero-order valence-corrected chi connectivity index (χ0v) is 10.4. The van der Waals surface area contributed by atoms with Crippen molar-refractivity contribution >= 4 is 5.69 Å². The number of rotatable bonds is 5. The molecule has 0 fully saturated rings. The van der Waals surface area contributed by atoms with Crippen LogP contribution in [0.2, 0.25) is 0 Å². The van der Waals surface area contributed by atoms with Gasteiger partial charge in [-0.1, -0.05) is 6.07 Å². The highest BCUT2D eigenvalue weighted by Gasteiger charge is 2.19. The molecule has 1 N–H and O–H groups in total.